The molecule has 0 atom stereocenters. The van der Waals surface area contributed by atoms with E-state index >= 15 is 0 Å². The average Bonchev–Trinajstić information content (AvgIpc) is 2.79. The maximum Gasteiger partial charge on any atom is 0.255 e. The Balaban J connectivity index is 1.63. The number of carbonyl (C=O) groups excluding carboxylic acids is 1. The lowest BCUT2D eigenvalue weighted by atomic mass is 10.1. The van der Waals surface area contributed by atoms with Gasteiger partial charge in [-0.2, -0.15) is 0 Å². The molecule has 30 heavy (non-hydrogen) atoms. The Bertz CT molecular complexity index is 968. The van der Waals surface area contributed by atoms with E-state index in [1.165, 1.54) is 0 Å². The van der Waals surface area contributed by atoms with Gasteiger partial charge in [-0.25, -0.2) is 0 Å². The van der Waals surface area contributed by atoms with Crippen LogP contribution in [0.1, 0.15) is 23.7 Å². The second kappa shape index (κ2) is 10.2. The average molecular weight is 407 g/mol. The molecule has 0 aromatic heterocycles. The Morgan fingerprint density at radius 3 is 2.03 bits per heavy atom. The van der Waals surface area contributed by atoms with Crippen LogP contribution in [-0.4, -0.2) is 26.7 Å². The molecule has 0 aliphatic rings. The predicted molar refractivity (Wildman–Crippen MR) is 116 cm³/mol. The number of nitrogens with one attached hydrogen (secondary N) is 1. The number of carbonyl (C=O) groups is 1. The van der Waals surface area contributed by atoms with Crippen LogP contribution in [0.4, 0.5) is 5.69 Å². The quantitative estimate of drug-likeness (QED) is 0.505. The van der Waals surface area contributed by atoms with Crippen molar-refractivity contribution >= 4 is 11.6 Å². The minimum absolute atomic E-state index is 0.237. The van der Waals surface area contributed by atoms with Crippen molar-refractivity contribution in [2.75, 3.05) is 26.1 Å². The number of ether oxygens (including phenoxy) is 4. The number of hydrogen-bond acceptors (Lipinski definition) is 5. The third-order valence-corrected chi connectivity index (χ3v) is 4.29. The normalized spacial score (nSPS) is 10.2. The van der Waals surface area contributed by atoms with Gasteiger partial charge in [0.1, 0.15) is 17.2 Å². The molecule has 6 heteroatoms. The molecule has 0 saturated carbocycles. The van der Waals surface area contributed by atoms with Crippen molar-refractivity contribution in [1.82, 2.24) is 0 Å². The Labute approximate surface area is 176 Å². The summed E-state index contributed by atoms with van der Waals surface area (Å²) in [4.78, 5) is 12.6. The lowest BCUT2D eigenvalue weighted by Gasteiger charge is -2.12. The summed E-state index contributed by atoms with van der Waals surface area (Å²) >= 11 is 0. The van der Waals surface area contributed by atoms with Gasteiger partial charge in [-0.3, -0.25) is 4.79 Å². The summed E-state index contributed by atoms with van der Waals surface area (Å²) in [6.07, 6.45) is 0.892. The Hall–Kier alpha value is -3.67. The second-order valence-corrected chi connectivity index (χ2v) is 6.47. The monoisotopic (exact) mass is 407 g/mol. The van der Waals surface area contributed by atoms with Crippen molar-refractivity contribution in [2.45, 2.75) is 13.3 Å². The van der Waals surface area contributed by atoms with Crippen LogP contribution in [0.3, 0.4) is 0 Å². The standard InChI is InChI=1S/C24H25NO5/c1-4-15-29-22-14-5-17(16-23(22)28-3)24(26)25-18-6-8-20(9-7-18)30-21-12-10-19(27-2)11-13-21/h5-14,16H,4,15H2,1-3H3,(H,25,26). The van der Waals surface area contributed by atoms with E-state index in [4.69, 9.17) is 18.9 Å². The molecule has 3 rings (SSSR count). The highest BCUT2D eigenvalue weighted by molar-refractivity contribution is 6.04. The smallest absolute Gasteiger partial charge is 0.255 e. The van der Waals surface area contributed by atoms with Gasteiger partial charge < -0.3 is 24.3 Å². The highest BCUT2D eigenvalue weighted by atomic mass is 16.5. The molecule has 3 aromatic carbocycles. The van der Waals surface area contributed by atoms with E-state index in [1.54, 1.807) is 56.7 Å². The van der Waals surface area contributed by atoms with Gasteiger partial charge >= 0.3 is 0 Å². The zero-order valence-corrected chi connectivity index (χ0v) is 17.3. The molecule has 6 nitrogen and oxygen atoms in total. The first kappa shape index (κ1) is 21.0. The SMILES string of the molecule is CCCOc1ccc(C(=O)Nc2ccc(Oc3ccc(OC)cc3)cc2)cc1OC. The molecule has 0 radical (unpaired) electrons. The lowest BCUT2D eigenvalue weighted by molar-refractivity contribution is 0.102. The highest BCUT2D eigenvalue weighted by Crippen LogP contribution is 2.29. The molecule has 1 N–H and O–H groups in total. The molecule has 0 aliphatic heterocycles. The van der Waals surface area contributed by atoms with E-state index in [-0.39, 0.29) is 5.91 Å². The highest BCUT2D eigenvalue weighted by Gasteiger charge is 2.12. The Morgan fingerprint density at radius 1 is 0.800 bits per heavy atom. The molecular weight excluding hydrogens is 382 g/mol. The van der Waals surface area contributed by atoms with E-state index < -0.39 is 0 Å². The van der Waals surface area contributed by atoms with Gasteiger partial charge in [-0.15, -0.1) is 0 Å². The van der Waals surface area contributed by atoms with Crippen LogP contribution in [0.2, 0.25) is 0 Å². The molecule has 0 spiro atoms. The van der Waals surface area contributed by atoms with E-state index in [0.29, 0.717) is 40.9 Å². The zero-order chi connectivity index (χ0) is 21.3. The van der Waals surface area contributed by atoms with Gasteiger partial charge in [-0.05, 0) is 73.2 Å². The number of methoxy groups -OCH3 is 2. The molecule has 0 saturated heterocycles. The molecule has 0 unspecified atom stereocenters. The third kappa shape index (κ3) is 5.44. The van der Waals surface area contributed by atoms with Gasteiger partial charge in [0, 0.05) is 11.3 Å². The first-order valence-corrected chi connectivity index (χ1v) is 9.67. The maximum atomic E-state index is 12.6. The largest absolute Gasteiger partial charge is 0.497 e. The molecule has 1 amide bonds. The minimum atomic E-state index is -0.237. The number of anilines is 1. The van der Waals surface area contributed by atoms with Crippen LogP contribution in [0.15, 0.2) is 66.7 Å². The number of benzene rings is 3. The van der Waals surface area contributed by atoms with Crippen molar-refractivity contribution in [1.29, 1.82) is 0 Å². The van der Waals surface area contributed by atoms with Crippen LogP contribution < -0.4 is 24.3 Å². The van der Waals surface area contributed by atoms with Crippen LogP contribution in [0, 0.1) is 0 Å². The maximum absolute atomic E-state index is 12.6. The fourth-order valence-electron chi connectivity index (χ4n) is 2.73. The lowest BCUT2D eigenvalue weighted by Crippen LogP contribution is -2.12. The molecule has 0 fully saturated rings. The van der Waals surface area contributed by atoms with Gasteiger partial charge in [0.15, 0.2) is 11.5 Å². The van der Waals surface area contributed by atoms with E-state index in [0.717, 1.165) is 12.2 Å². The van der Waals surface area contributed by atoms with Crippen molar-refractivity contribution in [3.05, 3.63) is 72.3 Å². The van der Waals surface area contributed by atoms with Crippen LogP contribution in [0.25, 0.3) is 0 Å². The molecule has 0 bridgehead atoms. The Morgan fingerprint density at radius 2 is 1.43 bits per heavy atom. The summed E-state index contributed by atoms with van der Waals surface area (Å²) in [6.45, 7) is 2.62. The number of hydrogen-bond donors (Lipinski definition) is 1. The van der Waals surface area contributed by atoms with Gasteiger partial charge in [0.25, 0.3) is 5.91 Å². The minimum Gasteiger partial charge on any atom is -0.497 e. The van der Waals surface area contributed by atoms with E-state index in [1.807, 2.05) is 31.2 Å². The van der Waals surface area contributed by atoms with Crippen molar-refractivity contribution in [2.24, 2.45) is 0 Å². The zero-order valence-electron chi connectivity index (χ0n) is 17.3. The van der Waals surface area contributed by atoms with E-state index in [9.17, 15) is 4.79 Å². The van der Waals surface area contributed by atoms with Crippen LogP contribution in [-0.2, 0) is 0 Å². The van der Waals surface area contributed by atoms with Crippen LogP contribution in [0.5, 0.6) is 28.7 Å². The summed E-state index contributed by atoms with van der Waals surface area (Å²) in [5.74, 6) is 3.04. The first-order chi connectivity index (χ1) is 14.6. The Kier molecular flexibility index (Phi) is 7.16. The topological polar surface area (TPSA) is 66.0 Å². The molecule has 3 aromatic rings. The fourth-order valence-corrected chi connectivity index (χ4v) is 2.73. The summed E-state index contributed by atoms with van der Waals surface area (Å²) in [7, 11) is 3.17. The predicted octanol–water partition coefficient (Wildman–Crippen LogP) is 5.54. The second-order valence-electron chi connectivity index (χ2n) is 6.47. The summed E-state index contributed by atoms with van der Waals surface area (Å²) in [6, 6.07) is 19.6. The summed E-state index contributed by atoms with van der Waals surface area (Å²) < 4.78 is 21.9. The number of rotatable bonds is 9. The van der Waals surface area contributed by atoms with E-state index in [2.05, 4.69) is 5.32 Å². The summed E-state index contributed by atoms with van der Waals surface area (Å²) in [5, 5.41) is 2.87. The van der Waals surface area contributed by atoms with Crippen molar-refractivity contribution in [3.8, 4) is 28.7 Å². The molecule has 0 aliphatic carbocycles. The molecule has 156 valence electrons. The van der Waals surface area contributed by atoms with Crippen molar-refractivity contribution < 1.29 is 23.7 Å². The fraction of sp³-hybridized carbons (Fsp3) is 0.208. The number of amides is 1. The van der Waals surface area contributed by atoms with Gasteiger partial charge in [0.05, 0.1) is 20.8 Å². The molecular formula is C24H25NO5. The van der Waals surface area contributed by atoms with Gasteiger partial charge in [-0.1, -0.05) is 6.92 Å². The van der Waals surface area contributed by atoms with Crippen LogP contribution >= 0.6 is 0 Å². The summed E-state index contributed by atoms with van der Waals surface area (Å²) in [5.41, 5.74) is 1.14. The first-order valence-electron chi connectivity index (χ1n) is 9.67. The third-order valence-electron chi connectivity index (χ3n) is 4.29. The van der Waals surface area contributed by atoms with Crippen molar-refractivity contribution in [3.63, 3.8) is 0 Å². The van der Waals surface area contributed by atoms with Gasteiger partial charge in [0.2, 0.25) is 0 Å². The molecule has 0 heterocycles.